The van der Waals surface area contributed by atoms with Gasteiger partial charge < -0.3 is 0 Å². The molecular formula is C11H12ClNO2S. The van der Waals surface area contributed by atoms with E-state index in [2.05, 4.69) is 5.92 Å². The van der Waals surface area contributed by atoms with Crippen LogP contribution >= 0.6 is 11.6 Å². The molecule has 1 aromatic carbocycles. The van der Waals surface area contributed by atoms with Crippen LogP contribution in [0.3, 0.4) is 0 Å². The first kappa shape index (κ1) is 13.0. The molecule has 0 heterocycles. The minimum absolute atomic E-state index is 0.0457. The van der Waals surface area contributed by atoms with Gasteiger partial charge in [-0.1, -0.05) is 36.6 Å². The highest BCUT2D eigenvalue weighted by Gasteiger charge is 2.24. The van der Waals surface area contributed by atoms with Gasteiger partial charge in [0.15, 0.2) is 0 Å². The number of rotatable bonds is 4. The summed E-state index contributed by atoms with van der Waals surface area (Å²) in [5, 5.41) is 0.206. The summed E-state index contributed by atoms with van der Waals surface area (Å²) in [5.74, 6) is 2.32. The van der Waals surface area contributed by atoms with Crippen molar-refractivity contribution >= 4 is 21.6 Å². The quantitative estimate of drug-likeness (QED) is 0.774. The lowest BCUT2D eigenvalue weighted by molar-refractivity contribution is 0.464. The van der Waals surface area contributed by atoms with Crippen molar-refractivity contribution in [3.8, 4) is 12.3 Å². The standard InChI is InChI=1S/C11H12ClNO2S/c1-3-9-13(4-2)16(14,15)11-8-6-5-7-10(11)12/h1,5-8H,4,9H2,2H3. The van der Waals surface area contributed by atoms with Gasteiger partial charge in [0.1, 0.15) is 4.90 Å². The van der Waals surface area contributed by atoms with E-state index >= 15 is 0 Å². The molecule has 0 saturated carbocycles. The van der Waals surface area contributed by atoms with Crippen LogP contribution in [0.1, 0.15) is 6.92 Å². The lowest BCUT2D eigenvalue weighted by atomic mass is 10.4. The number of sulfonamides is 1. The SMILES string of the molecule is C#CCN(CC)S(=O)(=O)c1ccccc1Cl. The maximum atomic E-state index is 12.1. The maximum Gasteiger partial charge on any atom is 0.245 e. The Morgan fingerprint density at radius 3 is 2.56 bits per heavy atom. The van der Waals surface area contributed by atoms with Gasteiger partial charge in [0.2, 0.25) is 10.0 Å². The summed E-state index contributed by atoms with van der Waals surface area (Å²) in [6, 6.07) is 6.32. The Labute approximate surface area is 101 Å². The van der Waals surface area contributed by atoms with Gasteiger partial charge in [-0.05, 0) is 12.1 Å². The molecule has 86 valence electrons. The van der Waals surface area contributed by atoms with E-state index < -0.39 is 10.0 Å². The fourth-order valence-corrected chi connectivity index (χ4v) is 3.12. The molecule has 0 saturated heterocycles. The molecular weight excluding hydrogens is 246 g/mol. The highest BCUT2D eigenvalue weighted by Crippen LogP contribution is 2.23. The summed E-state index contributed by atoms with van der Waals surface area (Å²) in [4.78, 5) is 0.0915. The van der Waals surface area contributed by atoms with E-state index in [9.17, 15) is 8.42 Å². The first-order chi connectivity index (χ1) is 7.54. The molecule has 1 rings (SSSR count). The lowest BCUT2D eigenvalue weighted by Gasteiger charge is -2.18. The zero-order valence-corrected chi connectivity index (χ0v) is 10.4. The monoisotopic (exact) mass is 257 g/mol. The predicted octanol–water partition coefficient (Wildman–Crippen LogP) is 1.98. The fourth-order valence-electron chi connectivity index (χ4n) is 1.26. The number of hydrogen-bond donors (Lipinski definition) is 0. The molecule has 3 nitrogen and oxygen atoms in total. The second kappa shape index (κ2) is 5.35. The van der Waals surface area contributed by atoms with Crippen LogP contribution < -0.4 is 0 Å². The zero-order valence-electron chi connectivity index (χ0n) is 8.85. The highest BCUT2D eigenvalue weighted by molar-refractivity contribution is 7.89. The first-order valence-corrected chi connectivity index (χ1v) is 6.54. The van der Waals surface area contributed by atoms with E-state index in [-0.39, 0.29) is 16.5 Å². The smallest absolute Gasteiger partial charge is 0.207 e. The molecule has 16 heavy (non-hydrogen) atoms. The molecule has 0 aliphatic heterocycles. The van der Waals surface area contributed by atoms with Crippen molar-refractivity contribution in [2.24, 2.45) is 0 Å². The minimum atomic E-state index is -3.59. The summed E-state index contributed by atoms with van der Waals surface area (Å²) >= 11 is 5.85. The summed E-state index contributed by atoms with van der Waals surface area (Å²) in [6.07, 6.45) is 5.13. The number of halogens is 1. The van der Waals surface area contributed by atoms with Crippen molar-refractivity contribution in [3.05, 3.63) is 29.3 Å². The third-order valence-electron chi connectivity index (χ3n) is 2.07. The third kappa shape index (κ3) is 2.56. The van der Waals surface area contributed by atoms with Crippen molar-refractivity contribution in [1.82, 2.24) is 4.31 Å². The van der Waals surface area contributed by atoms with Crippen LogP contribution in [-0.2, 0) is 10.0 Å². The van der Waals surface area contributed by atoms with Crippen molar-refractivity contribution < 1.29 is 8.42 Å². The number of benzene rings is 1. The molecule has 0 spiro atoms. The summed E-state index contributed by atoms with van der Waals surface area (Å²) in [7, 11) is -3.59. The molecule has 0 aromatic heterocycles. The lowest BCUT2D eigenvalue weighted by Crippen LogP contribution is -2.31. The van der Waals surface area contributed by atoms with Crippen LogP contribution in [0.4, 0.5) is 0 Å². The molecule has 1 aromatic rings. The highest BCUT2D eigenvalue weighted by atomic mass is 35.5. The van der Waals surface area contributed by atoms with Gasteiger partial charge in [0.05, 0.1) is 11.6 Å². The molecule has 0 aliphatic carbocycles. The van der Waals surface area contributed by atoms with Crippen molar-refractivity contribution in [3.63, 3.8) is 0 Å². The Hall–Kier alpha value is -1.02. The van der Waals surface area contributed by atoms with Gasteiger partial charge >= 0.3 is 0 Å². The summed E-state index contributed by atoms with van der Waals surface area (Å²) in [5.41, 5.74) is 0. The number of nitrogens with zero attached hydrogens (tertiary/aromatic N) is 1. The number of terminal acetylenes is 1. The Morgan fingerprint density at radius 1 is 1.44 bits per heavy atom. The van der Waals surface area contributed by atoms with Gasteiger partial charge in [0.25, 0.3) is 0 Å². The molecule has 0 atom stereocenters. The Morgan fingerprint density at radius 2 is 2.06 bits per heavy atom. The predicted molar refractivity (Wildman–Crippen MR) is 64.7 cm³/mol. The Bertz CT molecular complexity index is 505. The normalized spacial score (nSPS) is 11.4. The van der Waals surface area contributed by atoms with Gasteiger partial charge in [0, 0.05) is 6.54 Å². The molecule has 0 aliphatic rings. The van der Waals surface area contributed by atoms with E-state index in [1.165, 1.54) is 16.4 Å². The van der Waals surface area contributed by atoms with Crippen LogP contribution in [0.2, 0.25) is 5.02 Å². The summed E-state index contributed by atoms with van der Waals surface area (Å²) < 4.78 is 25.4. The largest absolute Gasteiger partial charge is 0.245 e. The van der Waals surface area contributed by atoms with Crippen LogP contribution in [0.25, 0.3) is 0 Å². The third-order valence-corrected chi connectivity index (χ3v) is 4.50. The van der Waals surface area contributed by atoms with Crippen LogP contribution in [0.5, 0.6) is 0 Å². The molecule has 5 heteroatoms. The van der Waals surface area contributed by atoms with Crippen molar-refractivity contribution in [2.45, 2.75) is 11.8 Å². The van der Waals surface area contributed by atoms with E-state index in [0.717, 1.165) is 0 Å². The fraction of sp³-hybridized carbons (Fsp3) is 0.273. The maximum absolute atomic E-state index is 12.1. The van der Waals surface area contributed by atoms with Crippen molar-refractivity contribution in [1.29, 1.82) is 0 Å². The molecule has 0 unspecified atom stereocenters. The molecule has 0 fully saturated rings. The second-order valence-corrected chi connectivity index (χ2v) is 5.38. The van der Waals surface area contributed by atoms with Gasteiger partial charge in [-0.2, -0.15) is 4.31 Å². The Kier molecular flexibility index (Phi) is 4.36. The van der Waals surface area contributed by atoms with E-state index in [0.29, 0.717) is 6.54 Å². The van der Waals surface area contributed by atoms with E-state index in [1.54, 1.807) is 19.1 Å². The number of hydrogen-bond acceptors (Lipinski definition) is 2. The molecule has 0 amide bonds. The zero-order chi connectivity index (χ0) is 12.2. The van der Waals surface area contributed by atoms with Gasteiger partial charge in [-0.3, -0.25) is 0 Å². The van der Waals surface area contributed by atoms with Crippen molar-refractivity contribution in [2.75, 3.05) is 13.1 Å². The second-order valence-electron chi connectivity index (χ2n) is 3.07. The molecule has 0 N–H and O–H groups in total. The Balaban J connectivity index is 3.22. The summed E-state index contributed by atoms with van der Waals surface area (Å²) in [6.45, 7) is 2.09. The average Bonchev–Trinajstić information content (AvgIpc) is 2.26. The van der Waals surface area contributed by atoms with Crippen LogP contribution in [0.15, 0.2) is 29.2 Å². The van der Waals surface area contributed by atoms with Crippen LogP contribution in [0, 0.1) is 12.3 Å². The topological polar surface area (TPSA) is 37.4 Å². The minimum Gasteiger partial charge on any atom is -0.207 e. The van der Waals surface area contributed by atoms with Crippen LogP contribution in [-0.4, -0.2) is 25.8 Å². The average molecular weight is 258 g/mol. The van der Waals surface area contributed by atoms with E-state index in [1.807, 2.05) is 0 Å². The molecule has 0 bridgehead atoms. The van der Waals surface area contributed by atoms with Gasteiger partial charge in [-0.25, -0.2) is 8.42 Å². The van der Waals surface area contributed by atoms with E-state index in [4.69, 9.17) is 18.0 Å². The first-order valence-electron chi connectivity index (χ1n) is 4.72. The van der Waals surface area contributed by atoms with Gasteiger partial charge in [-0.15, -0.1) is 6.42 Å². The molecule has 0 radical (unpaired) electrons.